The van der Waals surface area contributed by atoms with Crippen LogP contribution < -0.4 is 5.73 Å². The number of nitrogens with zero attached hydrogens (tertiary/aromatic N) is 2. The lowest BCUT2D eigenvalue weighted by Crippen LogP contribution is -2.30. The van der Waals surface area contributed by atoms with Gasteiger partial charge in [0, 0.05) is 25.2 Å². The summed E-state index contributed by atoms with van der Waals surface area (Å²) in [7, 11) is -3.66. The maximum absolute atomic E-state index is 12.3. The van der Waals surface area contributed by atoms with Crippen molar-refractivity contribution in [1.29, 1.82) is 0 Å². The van der Waals surface area contributed by atoms with Crippen LogP contribution in [0.2, 0.25) is 0 Å². The Morgan fingerprint density at radius 3 is 2.79 bits per heavy atom. The van der Waals surface area contributed by atoms with Crippen LogP contribution in [0.1, 0.15) is 6.42 Å². The number of sulfonamides is 1. The molecule has 7 nitrogen and oxygen atoms in total. The van der Waals surface area contributed by atoms with Crippen molar-refractivity contribution in [2.24, 2.45) is 11.7 Å². The first-order valence-corrected chi connectivity index (χ1v) is 7.34. The third kappa shape index (κ3) is 2.75. The fourth-order valence-electron chi connectivity index (χ4n) is 2.11. The molecular formula is C11H15N3O4S. The predicted octanol–water partition coefficient (Wildman–Crippen LogP) is 0.564. The van der Waals surface area contributed by atoms with Crippen molar-refractivity contribution in [3.05, 3.63) is 34.4 Å². The van der Waals surface area contributed by atoms with Gasteiger partial charge in [-0.3, -0.25) is 10.1 Å². The Bertz CT molecular complexity index is 587. The van der Waals surface area contributed by atoms with Gasteiger partial charge in [0.2, 0.25) is 10.0 Å². The SMILES string of the molecule is NCC1CCN(S(=O)(=O)c2cccc([N+](=O)[O-])c2)C1. The summed E-state index contributed by atoms with van der Waals surface area (Å²) in [5.74, 6) is 0.161. The third-order valence-corrected chi connectivity index (χ3v) is 5.11. The van der Waals surface area contributed by atoms with E-state index in [-0.39, 0.29) is 16.5 Å². The minimum absolute atomic E-state index is 0.0422. The molecule has 1 atom stereocenters. The van der Waals surface area contributed by atoms with Crippen LogP contribution in [0, 0.1) is 16.0 Å². The zero-order valence-corrected chi connectivity index (χ0v) is 11.0. The number of nitro groups is 1. The number of benzene rings is 1. The van der Waals surface area contributed by atoms with Gasteiger partial charge in [-0.1, -0.05) is 6.07 Å². The maximum atomic E-state index is 12.3. The van der Waals surface area contributed by atoms with E-state index >= 15 is 0 Å². The first-order valence-electron chi connectivity index (χ1n) is 5.90. The van der Waals surface area contributed by atoms with Crippen molar-refractivity contribution in [3.63, 3.8) is 0 Å². The zero-order chi connectivity index (χ0) is 14.0. The molecule has 0 saturated carbocycles. The lowest BCUT2D eigenvalue weighted by molar-refractivity contribution is -0.385. The highest BCUT2D eigenvalue weighted by Gasteiger charge is 2.32. The molecule has 19 heavy (non-hydrogen) atoms. The summed E-state index contributed by atoms with van der Waals surface area (Å²) in [6.07, 6.45) is 0.727. The predicted molar refractivity (Wildman–Crippen MR) is 69.0 cm³/mol. The van der Waals surface area contributed by atoms with Crippen molar-refractivity contribution in [2.75, 3.05) is 19.6 Å². The van der Waals surface area contributed by atoms with Gasteiger partial charge in [0.05, 0.1) is 9.82 Å². The topological polar surface area (TPSA) is 107 Å². The van der Waals surface area contributed by atoms with Crippen LogP contribution in [0.4, 0.5) is 5.69 Å². The van der Waals surface area contributed by atoms with Crippen LogP contribution in [0.5, 0.6) is 0 Å². The molecule has 1 saturated heterocycles. The maximum Gasteiger partial charge on any atom is 0.270 e. The highest BCUT2D eigenvalue weighted by atomic mass is 32.2. The highest BCUT2D eigenvalue weighted by molar-refractivity contribution is 7.89. The van der Waals surface area contributed by atoms with E-state index in [1.54, 1.807) is 0 Å². The van der Waals surface area contributed by atoms with Gasteiger partial charge in [0.15, 0.2) is 0 Å². The minimum atomic E-state index is -3.66. The second-order valence-corrected chi connectivity index (χ2v) is 6.45. The van der Waals surface area contributed by atoms with Gasteiger partial charge in [-0.2, -0.15) is 4.31 Å². The smallest absolute Gasteiger partial charge is 0.270 e. The normalized spacial score (nSPS) is 20.6. The molecule has 0 spiro atoms. The standard InChI is InChI=1S/C11H15N3O4S/c12-7-9-4-5-13(8-9)19(17,18)11-3-1-2-10(6-11)14(15)16/h1-3,6,9H,4-5,7-8,12H2. The molecule has 2 N–H and O–H groups in total. The Balaban J connectivity index is 2.30. The molecule has 1 unspecified atom stereocenters. The van der Waals surface area contributed by atoms with E-state index in [2.05, 4.69) is 0 Å². The number of hydrogen-bond donors (Lipinski definition) is 1. The van der Waals surface area contributed by atoms with E-state index in [0.29, 0.717) is 19.6 Å². The van der Waals surface area contributed by atoms with E-state index < -0.39 is 14.9 Å². The van der Waals surface area contributed by atoms with Crippen LogP contribution in [0.25, 0.3) is 0 Å². The summed E-state index contributed by atoms with van der Waals surface area (Å²) in [4.78, 5) is 10.0. The molecular weight excluding hydrogens is 270 g/mol. The summed E-state index contributed by atoms with van der Waals surface area (Å²) in [5.41, 5.74) is 5.30. The Hall–Kier alpha value is -1.51. The van der Waals surface area contributed by atoms with E-state index in [4.69, 9.17) is 5.73 Å². The van der Waals surface area contributed by atoms with E-state index in [9.17, 15) is 18.5 Å². The summed E-state index contributed by atoms with van der Waals surface area (Å²) >= 11 is 0. The molecule has 2 rings (SSSR count). The molecule has 1 aromatic rings. The molecule has 1 aliphatic rings. The molecule has 104 valence electrons. The van der Waals surface area contributed by atoms with Gasteiger partial charge in [-0.25, -0.2) is 8.42 Å². The lowest BCUT2D eigenvalue weighted by Gasteiger charge is -2.16. The minimum Gasteiger partial charge on any atom is -0.330 e. The third-order valence-electron chi connectivity index (χ3n) is 3.25. The summed E-state index contributed by atoms with van der Waals surface area (Å²) in [5, 5.41) is 10.7. The molecule has 0 aliphatic carbocycles. The molecule has 1 fully saturated rings. The summed E-state index contributed by atoms with van der Waals surface area (Å²) < 4.78 is 26.0. The Morgan fingerprint density at radius 1 is 1.47 bits per heavy atom. The Morgan fingerprint density at radius 2 is 2.21 bits per heavy atom. The molecule has 8 heteroatoms. The second kappa shape index (κ2) is 5.24. The van der Waals surface area contributed by atoms with E-state index in [1.807, 2.05) is 0 Å². The molecule has 0 amide bonds. The molecule has 1 aliphatic heterocycles. The average molecular weight is 285 g/mol. The van der Waals surface area contributed by atoms with Crippen molar-refractivity contribution >= 4 is 15.7 Å². The lowest BCUT2D eigenvalue weighted by atomic mass is 10.1. The van der Waals surface area contributed by atoms with Crippen molar-refractivity contribution in [2.45, 2.75) is 11.3 Å². The van der Waals surface area contributed by atoms with Gasteiger partial charge >= 0.3 is 0 Å². The van der Waals surface area contributed by atoms with Crippen molar-refractivity contribution in [3.8, 4) is 0 Å². The Labute approximate surface area is 111 Å². The van der Waals surface area contributed by atoms with Crippen LogP contribution >= 0.6 is 0 Å². The first-order chi connectivity index (χ1) is 8.95. The fourth-order valence-corrected chi connectivity index (χ4v) is 3.69. The number of nitrogens with two attached hydrogens (primary N) is 1. The second-order valence-electron chi connectivity index (χ2n) is 4.51. The van der Waals surface area contributed by atoms with Crippen LogP contribution in [0.3, 0.4) is 0 Å². The van der Waals surface area contributed by atoms with Gasteiger partial charge in [0.25, 0.3) is 5.69 Å². The number of non-ortho nitro benzene ring substituents is 1. The van der Waals surface area contributed by atoms with Gasteiger partial charge in [0.1, 0.15) is 0 Å². The average Bonchev–Trinajstić information content (AvgIpc) is 2.88. The zero-order valence-electron chi connectivity index (χ0n) is 10.2. The van der Waals surface area contributed by atoms with Crippen molar-refractivity contribution < 1.29 is 13.3 Å². The van der Waals surface area contributed by atoms with Crippen LogP contribution in [-0.4, -0.2) is 37.3 Å². The monoisotopic (exact) mass is 285 g/mol. The van der Waals surface area contributed by atoms with Crippen molar-refractivity contribution in [1.82, 2.24) is 4.31 Å². The van der Waals surface area contributed by atoms with Gasteiger partial charge in [-0.05, 0) is 24.9 Å². The summed E-state index contributed by atoms with van der Waals surface area (Å²) in [6, 6.07) is 5.11. The number of nitro benzene ring substituents is 1. The quantitative estimate of drug-likeness (QED) is 0.642. The molecule has 0 radical (unpaired) electrons. The van der Waals surface area contributed by atoms with E-state index in [1.165, 1.54) is 22.5 Å². The highest BCUT2D eigenvalue weighted by Crippen LogP contribution is 2.25. The van der Waals surface area contributed by atoms with Gasteiger partial charge in [-0.15, -0.1) is 0 Å². The Kier molecular flexibility index (Phi) is 3.83. The van der Waals surface area contributed by atoms with Crippen LogP contribution in [-0.2, 0) is 10.0 Å². The number of hydrogen-bond acceptors (Lipinski definition) is 5. The van der Waals surface area contributed by atoms with Gasteiger partial charge < -0.3 is 5.73 Å². The summed E-state index contributed by atoms with van der Waals surface area (Å²) in [6.45, 7) is 1.23. The molecule has 0 bridgehead atoms. The molecule has 1 aromatic carbocycles. The molecule has 1 heterocycles. The molecule has 0 aromatic heterocycles. The largest absolute Gasteiger partial charge is 0.330 e. The van der Waals surface area contributed by atoms with E-state index in [0.717, 1.165) is 12.5 Å². The fraction of sp³-hybridized carbons (Fsp3) is 0.455. The first kappa shape index (κ1) is 13.9. The van der Waals surface area contributed by atoms with Crippen LogP contribution in [0.15, 0.2) is 29.2 Å². The number of rotatable bonds is 4.